The van der Waals surface area contributed by atoms with Gasteiger partial charge < -0.3 is 16.0 Å². The summed E-state index contributed by atoms with van der Waals surface area (Å²) in [6.07, 6.45) is 5.16. The molecule has 0 radical (unpaired) electrons. The van der Waals surface area contributed by atoms with Gasteiger partial charge in [-0.1, -0.05) is 11.8 Å². The highest BCUT2D eigenvalue weighted by molar-refractivity contribution is 8.13. The number of aromatic amines is 1. The van der Waals surface area contributed by atoms with Crippen LogP contribution in [0.1, 0.15) is 13.8 Å². The van der Waals surface area contributed by atoms with Crippen molar-refractivity contribution in [2.75, 3.05) is 11.6 Å². The molecule has 4 N–H and O–H groups in total. The molecule has 0 saturated heterocycles. The van der Waals surface area contributed by atoms with Crippen LogP contribution in [-0.4, -0.2) is 33.4 Å². The average molecular weight is 240 g/mol. The number of imidazole rings is 1. The largest absolute Gasteiger partial charge is 0.368 e. The van der Waals surface area contributed by atoms with Crippen LogP contribution in [0.25, 0.3) is 0 Å². The Morgan fingerprint density at radius 2 is 2.38 bits per heavy atom. The van der Waals surface area contributed by atoms with Crippen LogP contribution in [0, 0.1) is 0 Å². The summed E-state index contributed by atoms with van der Waals surface area (Å²) in [6.45, 7) is 3.90. The van der Waals surface area contributed by atoms with E-state index in [1.807, 2.05) is 20.1 Å². The lowest BCUT2D eigenvalue weighted by Gasteiger charge is -2.04. The van der Waals surface area contributed by atoms with Crippen molar-refractivity contribution >= 4 is 28.7 Å². The first-order chi connectivity index (χ1) is 7.61. The maximum Gasteiger partial charge on any atom is 0.218 e. The first-order valence-corrected chi connectivity index (χ1v) is 6.05. The summed E-state index contributed by atoms with van der Waals surface area (Å²) >= 11 is 1.45. The maximum atomic E-state index is 5.66. The Balaban J connectivity index is 2.70. The fourth-order valence-corrected chi connectivity index (χ4v) is 1.36. The van der Waals surface area contributed by atoms with Crippen molar-refractivity contribution in [2.24, 2.45) is 15.7 Å². The van der Waals surface area contributed by atoms with Gasteiger partial charge in [0.1, 0.15) is 5.82 Å². The first kappa shape index (κ1) is 12.6. The van der Waals surface area contributed by atoms with Crippen LogP contribution in [-0.2, 0) is 0 Å². The first-order valence-electron chi connectivity index (χ1n) is 4.83. The summed E-state index contributed by atoms with van der Waals surface area (Å²) < 4.78 is 0. The summed E-state index contributed by atoms with van der Waals surface area (Å²) in [5.74, 6) is 1.04. The topological polar surface area (TPSA) is 91.4 Å². The monoisotopic (exact) mass is 240 g/mol. The van der Waals surface area contributed by atoms with Gasteiger partial charge in [-0.3, -0.25) is 0 Å². The molecule has 0 aliphatic rings. The quantitative estimate of drug-likeness (QED) is 0.536. The van der Waals surface area contributed by atoms with Gasteiger partial charge in [-0.2, -0.15) is 4.99 Å². The van der Waals surface area contributed by atoms with Gasteiger partial charge in [-0.05, 0) is 20.1 Å². The number of hydrogen-bond acceptors (Lipinski definition) is 3. The van der Waals surface area contributed by atoms with E-state index in [2.05, 4.69) is 25.3 Å². The molecule has 6 nitrogen and oxygen atoms in total. The van der Waals surface area contributed by atoms with Gasteiger partial charge in [-0.15, -0.1) is 0 Å². The molecule has 1 rings (SSSR count). The van der Waals surface area contributed by atoms with Crippen LogP contribution >= 0.6 is 11.8 Å². The van der Waals surface area contributed by atoms with Crippen molar-refractivity contribution < 1.29 is 0 Å². The van der Waals surface area contributed by atoms with Crippen molar-refractivity contribution in [2.45, 2.75) is 19.9 Å². The molecule has 88 valence electrons. The number of nitrogens with two attached hydrogens (primary N) is 1. The van der Waals surface area contributed by atoms with Gasteiger partial charge in [0.2, 0.25) is 5.96 Å². The minimum Gasteiger partial charge on any atom is -0.368 e. The molecule has 0 fully saturated rings. The molecule has 0 aliphatic heterocycles. The Labute approximate surface area is 98.9 Å². The molecular weight excluding hydrogens is 224 g/mol. The van der Waals surface area contributed by atoms with Gasteiger partial charge in [0, 0.05) is 6.04 Å². The molecule has 0 spiro atoms. The summed E-state index contributed by atoms with van der Waals surface area (Å²) in [7, 11) is 0. The number of amidine groups is 1. The summed E-state index contributed by atoms with van der Waals surface area (Å²) in [6, 6.07) is 0.138. The number of rotatable bonds is 2. The summed E-state index contributed by atoms with van der Waals surface area (Å²) in [5, 5.41) is 3.72. The highest BCUT2D eigenvalue weighted by Crippen LogP contribution is 2.05. The standard InChI is InChI=1S/C9H16N6S/c1-6(2)13-8(10)15-9(16-3)14-7-4-11-5-12-7/h4-6H,1-3H3,(H,11,12)(H3,10,13,14,15). The van der Waals surface area contributed by atoms with E-state index in [1.165, 1.54) is 11.8 Å². The predicted octanol–water partition coefficient (Wildman–Crippen LogP) is 1.26. The molecule has 0 saturated carbocycles. The van der Waals surface area contributed by atoms with Crippen molar-refractivity contribution in [3.8, 4) is 0 Å². The Morgan fingerprint density at radius 3 is 2.88 bits per heavy atom. The molecule has 1 aromatic heterocycles. The molecule has 0 atom stereocenters. The second-order valence-corrected chi connectivity index (χ2v) is 4.09. The molecule has 0 amide bonds. The van der Waals surface area contributed by atoms with E-state index in [9.17, 15) is 0 Å². The van der Waals surface area contributed by atoms with Crippen LogP contribution in [0.3, 0.4) is 0 Å². The molecule has 1 heterocycles. The molecule has 0 bridgehead atoms. The molecule has 0 aromatic carbocycles. The molecular formula is C9H16N6S. The second kappa shape index (κ2) is 6.16. The highest BCUT2D eigenvalue weighted by atomic mass is 32.2. The van der Waals surface area contributed by atoms with Crippen molar-refractivity contribution in [3.05, 3.63) is 12.5 Å². The van der Waals surface area contributed by atoms with Crippen LogP contribution in [0.2, 0.25) is 0 Å². The predicted molar refractivity (Wildman–Crippen MR) is 69.9 cm³/mol. The molecule has 16 heavy (non-hydrogen) atoms. The second-order valence-electron chi connectivity index (χ2n) is 3.29. The number of nitrogens with zero attached hydrogens (tertiary/aromatic N) is 3. The van der Waals surface area contributed by atoms with Crippen LogP contribution in [0.5, 0.6) is 0 Å². The fraction of sp³-hybridized carbons (Fsp3) is 0.444. The zero-order chi connectivity index (χ0) is 12.0. The van der Waals surface area contributed by atoms with E-state index in [0.29, 0.717) is 5.17 Å². The molecule has 1 aromatic rings. The van der Waals surface area contributed by atoms with Gasteiger partial charge in [0.15, 0.2) is 5.17 Å². The van der Waals surface area contributed by atoms with Crippen molar-refractivity contribution in [1.82, 2.24) is 9.97 Å². The minimum atomic E-state index is 0.138. The van der Waals surface area contributed by atoms with E-state index in [0.717, 1.165) is 5.82 Å². The Kier molecular flexibility index (Phi) is 4.84. The van der Waals surface area contributed by atoms with Gasteiger partial charge >= 0.3 is 0 Å². The zero-order valence-corrected chi connectivity index (χ0v) is 10.4. The molecule has 0 unspecified atom stereocenters. The molecule has 0 aliphatic carbocycles. The van der Waals surface area contributed by atoms with E-state index in [-0.39, 0.29) is 12.0 Å². The van der Waals surface area contributed by atoms with E-state index < -0.39 is 0 Å². The smallest absolute Gasteiger partial charge is 0.218 e. The number of H-pyrrole nitrogens is 1. The van der Waals surface area contributed by atoms with Crippen LogP contribution in [0.15, 0.2) is 22.5 Å². The fourth-order valence-electron chi connectivity index (χ4n) is 0.962. The lowest BCUT2D eigenvalue weighted by atomic mass is 10.4. The SMILES string of the molecule is CS/C(=N\C(N)=NC(C)C)Nc1cnc[nH]1. The average Bonchev–Trinajstić information content (AvgIpc) is 2.68. The number of aliphatic imine (C=N–C) groups is 2. The van der Waals surface area contributed by atoms with Crippen molar-refractivity contribution in [1.29, 1.82) is 0 Å². The number of aromatic nitrogens is 2. The Hall–Kier alpha value is -1.50. The summed E-state index contributed by atoms with van der Waals surface area (Å²) in [5.41, 5.74) is 5.66. The maximum absolute atomic E-state index is 5.66. The lowest BCUT2D eigenvalue weighted by molar-refractivity contribution is 0.832. The van der Waals surface area contributed by atoms with Crippen LogP contribution in [0.4, 0.5) is 5.82 Å². The molecule has 7 heteroatoms. The number of anilines is 1. The minimum absolute atomic E-state index is 0.138. The van der Waals surface area contributed by atoms with Crippen molar-refractivity contribution in [3.63, 3.8) is 0 Å². The number of nitrogens with one attached hydrogen (secondary N) is 2. The van der Waals surface area contributed by atoms with Gasteiger partial charge in [0.25, 0.3) is 0 Å². The zero-order valence-electron chi connectivity index (χ0n) is 9.56. The van der Waals surface area contributed by atoms with E-state index >= 15 is 0 Å². The third-order valence-corrected chi connectivity index (χ3v) is 2.12. The Bertz CT molecular complexity index is 367. The Morgan fingerprint density at radius 1 is 1.62 bits per heavy atom. The van der Waals surface area contributed by atoms with Crippen LogP contribution < -0.4 is 11.1 Å². The third kappa shape index (κ3) is 4.35. The van der Waals surface area contributed by atoms with Gasteiger partial charge in [-0.25, -0.2) is 9.98 Å². The lowest BCUT2D eigenvalue weighted by Crippen LogP contribution is -2.17. The van der Waals surface area contributed by atoms with Gasteiger partial charge in [0.05, 0.1) is 12.5 Å². The number of thioether (sulfide) groups is 1. The van der Waals surface area contributed by atoms with E-state index in [4.69, 9.17) is 5.73 Å². The van der Waals surface area contributed by atoms with E-state index in [1.54, 1.807) is 12.5 Å². The number of guanidine groups is 1. The summed E-state index contributed by atoms with van der Waals surface area (Å²) in [4.78, 5) is 15.1. The third-order valence-electron chi connectivity index (χ3n) is 1.54. The normalized spacial score (nSPS) is 13.2. The number of hydrogen-bond donors (Lipinski definition) is 3. The highest BCUT2D eigenvalue weighted by Gasteiger charge is 2.00.